The fourth-order valence-corrected chi connectivity index (χ4v) is 3.70. The molecular formula is C23H24Br2N4O5. The number of carbonyl (C=O) groups is 1. The molecule has 180 valence electrons. The molecule has 11 heteroatoms. The normalized spacial score (nSPS) is 10.7. The Bertz CT molecular complexity index is 1010. The molecule has 2 N–H and O–H groups in total. The summed E-state index contributed by atoms with van der Waals surface area (Å²) in [5.41, 5.74) is 6.01. The predicted molar refractivity (Wildman–Crippen MR) is 140 cm³/mol. The first-order valence-corrected chi connectivity index (χ1v) is 11.4. The van der Waals surface area contributed by atoms with Crippen molar-refractivity contribution in [2.24, 2.45) is 10.2 Å². The van der Waals surface area contributed by atoms with Crippen molar-refractivity contribution < 1.29 is 23.7 Å². The molecule has 0 saturated heterocycles. The summed E-state index contributed by atoms with van der Waals surface area (Å²) in [6.07, 6.45) is 6.18. The number of nitrogens with one attached hydrogen (secondary N) is 2. The van der Waals surface area contributed by atoms with E-state index in [0.29, 0.717) is 56.3 Å². The number of hydrazone groups is 2. The van der Waals surface area contributed by atoms with Gasteiger partial charge in [-0.1, -0.05) is 25.3 Å². The topological polar surface area (TPSA) is 103 Å². The maximum atomic E-state index is 12.0. The number of hydrogen-bond donors (Lipinski definition) is 2. The Morgan fingerprint density at radius 1 is 0.853 bits per heavy atom. The highest BCUT2D eigenvalue weighted by Crippen LogP contribution is 2.37. The number of nitrogens with zero attached hydrogens (tertiary/aromatic N) is 2. The van der Waals surface area contributed by atoms with E-state index in [4.69, 9.17) is 18.9 Å². The van der Waals surface area contributed by atoms with E-state index in [1.165, 1.54) is 26.6 Å². The summed E-state index contributed by atoms with van der Waals surface area (Å²) in [6, 6.07) is 6.36. The van der Waals surface area contributed by atoms with Gasteiger partial charge in [-0.25, -0.2) is 15.6 Å². The van der Waals surface area contributed by atoms with E-state index in [9.17, 15) is 4.79 Å². The molecule has 9 nitrogen and oxygen atoms in total. The molecular weight excluding hydrogens is 572 g/mol. The summed E-state index contributed by atoms with van der Waals surface area (Å²) in [6.45, 7) is 7.92. The van der Waals surface area contributed by atoms with Gasteiger partial charge in [0.15, 0.2) is 23.0 Å². The minimum Gasteiger partial charge on any atom is -0.493 e. The summed E-state index contributed by atoms with van der Waals surface area (Å²) in [5.74, 6) is 2.11. The summed E-state index contributed by atoms with van der Waals surface area (Å²) in [4.78, 5) is 12.0. The first kappa shape index (κ1) is 26.9. The van der Waals surface area contributed by atoms with Crippen LogP contribution < -0.4 is 29.8 Å². The van der Waals surface area contributed by atoms with Gasteiger partial charge in [0.1, 0.15) is 13.2 Å². The molecule has 0 saturated carbocycles. The van der Waals surface area contributed by atoms with Crippen LogP contribution in [0.5, 0.6) is 23.0 Å². The SMILES string of the molecule is C=CCOc1c(Br)cc(/C=N\NC(=O)N/N=C\c2cc(Br)c(OCC=C)c(OC)c2)cc1OC. The molecule has 0 spiro atoms. The van der Waals surface area contributed by atoms with E-state index in [-0.39, 0.29) is 0 Å². The Kier molecular flexibility index (Phi) is 11.1. The maximum absolute atomic E-state index is 12.0. The van der Waals surface area contributed by atoms with Crippen LogP contribution in [0.3, 0.4) is 0 Å². The van der Waals surface area contributed by atoms with Crippen molar-refractivity contribution in [3.05, 3.63) is 69.6 Å². The molecule has 0 aliphatic rings. The second kappa shape index (κ2) is 14.1. The lowest BCUT2D eigenvalue weighted by molar-refractivity contribution is 0.242. The summed E-state index contributed by atoms with van der Waals surface area (Å²) in [5, 5.41) is 7.82. The van der Waals surface area contributed by atoms with Gasteiger partial charge in [0.25, 0.3) is 0 Å². The molecule has 2 aromatic carbocycles. The molecule has 0 aliphatic heterocycles. The Morgan fingerprint density at radius 2 is 1.26 bits per heavy atom. The smallest absolute Gasteiger partial charge is 0.355 e. The largest absolute Gasteiger partial charge is 0.493 e. The molecule has 0 aliphatic carbocycles. The Morgan fingerprint density at radius 3 is 1.62 bits per heavy atom. The van der Waals surface area contributed by atoms with Crippen molar-refractivity contribution in [2.45, 2.75) is 0 Å². The second-order valence-corrected chi connectivity index (χ2v) is 8.05. The lowest BCUT2D eigenvalue weighted by Gasteiger charge is -2.12. The average Bonchev–Trinajstić information content (AvgIpc) is 2.82. The highest BCUT2D eigenvalue weighted by molar-refractivity contribution is 9.11. The molecule has 0 aromatic heterocycles. The molecule has 34 heavy (non-hydrogen) atoms. The van der Waals surface area contributed by atoms with Crippen LogP contribution in [0.4, 0.5) is 4.79 Å². The minimum absolute atomic E-state index is 0.335. The van der Waals surface area contributed by atoms with Gasteiger partial charge in [-0.2, -0.15) is 10.2 Å². The van der Waals surface area contributed by atoms with E-state index in [1.807, 2.05) is 0 Å². The summed E-state index contributed by atoms with van der Waals surface area (Å²) >= 11 is 6.87. The molecule has 0 radical (unpaired) electrons. The van der Waals surface area contributed by atoms with Crippen molar-refractivity contribution in [3.63, 3.8) is 0 Å². The Labute approximate surface area is 214 Å². The van der Waals surface area contributed by atoms with Crippen molar-refractivity contribution in [2.75, 3.05) is 27.4 Å². The van der Waals surface area contributed by atoms with Gasteiger partial charge in [-0.15, -0.1) is 0 Å². The molecule has 2 aromatic rings. The van der Waals surface area contributed by atoms with Crippen LogP contribution >= 0.6 is 31.9 Å². The van der Waals surface area contributed by atoms with E-state index >= 15 is 0 Å². The molecule has 2 rings (SSSR count). The van der Waals surface area contributed by atoms with Crippen LogP contribution in [0.1, 0.15) is 11.1 Å². The van der Waals surface area contributed by atoms with Crippen LogP contribution in [0, 0.1) is 0 Å². The number of urea groups is 1. The zero-order chi connectivity index (χ0) is 24.9. The minimum atomic E-state index is -0.624. The second-order valence-electron chi connectivity index (χ2n) is 6.34. The number of amides is 2. The average molecular weight is 596 g/mol. The van der Waals surface area contributed by atoms with Gasteiger partial charge in [0.2, 0.25) is 0 Å². The number of carbonyl (C=O) groups excluding carboxylic acids is 1. The van der Waals surface area contributed by atoms with Crippen molar-refractivity contribution >= 4 is 50.3 Å². The Balaban J connectivity index is 1.98. The quantitative estimate of drug-likeness (QED) is 0.204. The van der Waals surface area contributed by atoms with Crippen LogP contribution in [0.2, 0.25) is 0 Å². The zero-order valence-electron chi connectivity index (χ0n) is 18.6. The summed E-state index contributed by atoms with van der Waals surface area (Å²) in [7, 11) is 3.06. The lowest BCUT2D eigenvalue weighted by atomic mass is 10.2. The third-order valence-corrected chi connectivity index (χ3v) is 5.13. The number of rotatable bonds is 12. The number of ether oxygens (including phenoxy) is 4. The van der Waals surface area contributed by atoms with Crippen LogP contribution in [0.25, 0.3) is 0 Å². The van der Waals surface area contributed by atoms with Gasteiger partial charge in [0, 0.05) is 0 Å². The highest BCUT2D eigenvalue weighted by Gasteiger charge is 2.12. The zero-order valence-corrected chi connectivity index (χ0v) is 21.8. The standard InChI is InChI=1S/C23H24Br2N4O5/c1-5-7-33-21-17(24)9-15(11-19(21)31-3)13-26-28-23(30)29-27-14-16-10-18(25)22(34-8-6-2)20(12-16)32-4/h5-6,9-14H,1-2,7-8H2,3-4H3,(H2,28,29,30)/b26-13-,27-14-. The first-order valence-electron chi connectivity index (χ1n) is 9.78. The fourth-order valence-electron chi connectivity index (χ4n) is 2.55. The van der Waals surface area contributed by atoms with Gasteiger partial charge in [-0.3, -0.25) is 0 Å². The third kappa shape index (κ3) is 7.92. The van der Waals surface area contributed by atoms with Crippen LogP contribution in [-0.4, -0.2) is 45.9 Å². The van der Waals surface area contributed by atoms with Crippen LogP contribution in [-0.2, 0) is 0 Å². The number of halogens is 2. The first-order chi connectivity index (χ1) is 16.4. The van der Waals surface area contributed by atoms with Gasteiger partial charge < -0.3 is 18.9 Å². The van der Waals surface area contributed by atoms with Crippen molar-refractivity contribution in [1.29, 1.82) is 0 Å². The van der Waals surface area contributed by atoms with E-state index in [2.05, 4.69) is 66.1 Å². The Hall–Kier alpha value is -3.31. The highest BCUT2D eigenvalue weighted by atomic mass is 79.9. The monoisotopic (exact) mass is 594 g/mol. The number of benzene rings is 2. The molecule has 0 heterocycles. The third-order valence-electron chi connectivity index (χ3n) is 3.95. The maximum Gasteiger partial charge on any atom is 0.355 e. The molecule has 0 atom stereocenters. The number of hydrogen-bond acceptors (Lipinski definition) is 7. The molecule has 0 bridgehead atoms. The van der Waals surface area contributed by atoms with Crippen molar-refractivity contribution in [3.8, 4) is 23.0 Å². The van der Waals surface area contributed by atoms with Gasteiger partial charge >= 0.3 is 6.03 Å². The van der Waals surface area contributed by atoms with Gasteiger partial charge in [0.05, 0.1) is 35.6 Å². The van der Waals surface area contributed by atoms with E-state index < -0.39 is 6.03 Å². The molecule has 0 unspecified atom stereocenters. The van der Waals surface area contributed by atoms with Crippen LogP contribution in [0.15, 0.2) is 68.7 Å². The molecule has 0 fully saturated rings. The molecule has 2 amide bonds. The van der Waals surface area contributed by atoms with Crippen molar-refractivity contribution in [1.82, 2.24) is 10.9 Å². The summed E-state index contributed by atoms with van der Waals surface area (Å²) < 4.78 is 23.2. The van der Waals surface area contributed by atoms with E-state index in [1.54, 1.807) is 36.4 Å². The van der Waals surface area contributed by atoms with E-state index in [0.717, 1.165) is 0 Å². The fraction of sp³-hybridized carbons (Fsp3) is 0.174. The number of methoxy groups -OCH3 is 2. The lowest BCUT2D eigenvalue weighted by Crippen LogP contribution is -2.28. The van der Waals surface area contributed by atoms with Gasteiger partial charge in [-0.05, 0) is 67.3 Å². The predicted octanol–water partition coefficient (Wildman–Crippen LogP) is 5.03.